The van der Waals surface area contributed by atoms with Crippen molar-refractivity contribution in [1.29, 1.82) is 0 Å². The second kappa shape index (κ2) is 7.82. The van der Waals surface area contributed by atoms with Crippen molar-refractivity contribution in [3.63, 3.8) is 0 Å². The van der Waals surface area contributed by atoms with E-state index < -0.39 is 0 Å². The maximum Gasteiger partial charge on any atom is 0.292 e. The topological polar surface area (TPSA) is 66.7 Å². The predicted octanol–water partition coefficient (Wildman–Crippen LogP) is 4.29. The molecule has 3 aromatic rings. The highest BCUT2D eigenvalue weighted by molar-refractivity contribution is 7.12. The highest BCUT2D eigenvalue weighted by Crippen LogP contribution is 2.31. The summed E-state index contributed by atoms with van der Waals surface area (Å²) in [6, 6.07) is 18.6. The largest absolute Gasteiger partial charge is 0.362 e. The minimum Gasteiger partial charge on any atom is -0.362 e. The number of piperazine rings is 1. The van der Waals surface area contributed by atoms with Crippen LogP contribution in [0.25, 0.3) is 11.1 Å². The number of amides is 1. The van der Waals surface area contributed by atoms with Crippen LogP contribution in [-0.2, 0) is 0 Å². The molecule has 7 heteroatoms. The van der Waals surface area contributed by atoms with Crippen LogP contribution < -0.4 is 4.90 Å². The number of thiophene rings is 1. The van der Waals surface area contributed by atoms with E-state index in [4.69, 9.17) is 0 Å². The lowest BCUT2D eigenvalue weighted by Crippen LogP contribution is -2.48. The van der Waals surface area contributed by atoms with Gasteiger partial charge in [0.05, 0.1) is 9.80 Å². The second-order valence-corrected chi connectivity index (χ2v) is 7.47. The van der Waals surface area contributed by atoms with Crippen LogP contribution in [0.2, 0.25) is 0 Å². The van der Waals surface area contributed by atoms with E-state index in [0.29, 0.717) is 31.9 Å². The Hall–Kier alpha value is -3.19. The first kappa shape index (κ1) is 18.2. The SMILES string of the molecule is O=C(c1sccc1-c1ccccc1)N1CCN(c2ccccc2[N+](=O)[O-])CC1. The van der Waals surface area contributed by atoms with Gasteiger partial charge in [-0.05, 0) is 23.1 Å². The van der Waals surface area contributed by atoms with Crippen molar-refractivity contribution in [2.24, 2.45) is 0 Å². The van der Waals surface area contributed by atoms with E-state index in [0.717, 1.165) is 16.0 Å². The van der Waals surface area contributed by atoms with E-state index in [1.807, 2.05) is 51.6 Å². The van der Waals surface area contributed by atoms with Gasteiger partial charge >= 0.3 is 0 Å². The number of carbonyl (C=O) groups excluding carboxylic acids is 1. The van der Waals surface area contributed by atoms with Crippen LogP contribution in [0.5, 0.6) is 0 Å². The lowest BCUT2D eigenvalue weighted by molar-refractivity contribution is -0.384. The normalized spacial score (nSPS) is 14.1. The molecule has 2 heterocycles. The highest BCUT2D eigenvalue weighted by Gasteiger charge is 2.27. The Morgan fingerprint density at radius 2 is 1.61 bits per heavy atom. The van der Waals surface area contributed by atoms with Crippen molar-refractivity contribution >= 4 is 28.6 Å². The molecule has 6 nitrogen and oxygen atoms in total. The maximum absolute atomic E-state index is 13.1. The Balaban J connectivity index is 1.49. The number of nitrogens with zero attached hydrogens (tertiary/aromatic N) is 3. The lowest BCUT2D eigenvalue weighted by Gasteiger charge is -2.35. The van der Waals surface area contributed by atoms with Gasteiger partial charge in [0.1, 0.15) is 5.69 Å². The summed E-state index contributed by atoms with van der Waals surface area (Å²) in [5, 5.41) is 13.2. The number of anilines is 1. The highest BCUT2D eigenvalue weighted by atomic mass is 32.1. The smallest absolute Gasteiger partial charge is 0.292 e. The number of benzene rings is 2. The maximum atomic E-state index is 13.1. The monoisotopic (exact) mass is 393 g/mol. The zero-order chi connectivity index (χ0) is 19.5. The summed E-state index contributed by atoms with van der Waals surface area (Å²) in [6.45, 7) is 2.22. The molecule has 0 spiro atoms. The Bertz CT molecular complexity index is 995. The average molecular weight is 393 g/mol. The van der Waals surface area contributed by atoms with Gasteiger partial charge < -0.3 is 9.80 Å². The van der Waals surface area contributed by atoms with Gasteiger partial charge in [-0.25, -0.2) is 0 Å². The molecule has 1 fully saturated rings. The van der Waals surface area contributed by atoms with Gasteiger partial charge in [-0.3, -0.25) is 14.9 Å². The van der Waals surface area contributed by atoms with Crippen LogP contribution in [-0.4, -0.2) is 41.9 Å². The molecule has 0 bridgehead atoms. The third kappa shape index (κ3) is 3.48. The van der Waals surface area contributed by atoms with Crippen LogP contribution in [0.4, 0.5) is 11.4 Å². The molecule has 0 saturated carbocycles. The van der Waals surface area contributed by atoms with E-state index in [2.05, 4.69) is 0 Å². The van der Waals surface area contributed by atoms with Gasteiger partial charge in [-0.2, -0.15) is 0 Å². The Morgan fingerprint density at radius 3 is 2.32 bits per heavy atom. The second-order valence-electron chi connectivity index (χ2n) is 6.55. The molecule has 2 aromatic carbocycles. The van der Waals surface area contributed by atoms with Gasteiger partial charge in [-0.1, -0.05) is 42.5 Å². The molecular formula is C21H19N3O3S. The zero-order valence-electron chi connectivity index (χ0n) is 15.2. The summed E-state index contributed by atoms with van der Waals surface area (Å²) in [7, 11) is 0. The van der Waals surface area contributed by atoms with Crippen molar-refractivity contribution in [3.8, 4) is 11.1 Å². The van der Waals surface area contributed by atoms with Crippen LogP contribution in [0.3, 0.4) is 0 Å². The average Bonchev–Trinajstić information content (AvgIpc) is 3.24. The summed E-state index contributed by atoms with van der Waals surface area (Å²) in [5.41, 5.74) is 2.70. The Labute approximate surface area is 166 Å². The summed E-state index contributed by atoms with van der Waals surface area (Å²) < 4.78 is 0. The third-order valence-corrected chi connectivity index (χ3v) is 5.83. The number of para-hydroxylation sites is 2. The third-order valence-electron chi connectivity index (χ3n) is 4.93. The number of nitro groups is 1. The summed E-state index contributed by atoms with van der Waals surface area (Å²) in [4.78, 5) is 28.6. The van der Waals surface area contributed by atoms with E-state index in [1.54, 1.807) is 18.2 Å². The van der Waals surface area contributed by atoms with Gasteiger partial charge in [0, 0.05) is 37.8 Å². The van der Waals surface area contributed by atoms with Crippen molar-refractivity contribution in [1.82, 2.24) is 4.90 Å². The standard InChI is InChI=1S/C21H19N3O3S/c25-21(20-17(10-15-28-20)16-6-2-1-3-7-16)23-13-11-22(12-14-23)18-8-4-5-9-19(18)24(26)27/h1-10,15H,11-14H2. The van der Waals surface area contributed by atoms with Crippen LogP contribution in [0.1, 0.15) is 9.67 Å². The van der Waals surface area contributed by atoms with Crippen LogP contribution in [0.15, 0.2) is 66.0 Å². The molecule has 0 N–H and O–H groups in total. The van der Waals surface area contributed by atoms with Gasteiger partial charge in [0.2, 0.25) is 0 Å². The Kier molecular flexibility index (Phi) is 5.08. The minimum atomic E-state index is -0.357. The number of carbonyl (C=O) groups is 1. The molecule has 1 aromatic heterocycles. The first-order chi connectivity index (χ1) is 13.6. The number of nitro benzene ring substituents is 1. The molecule has 142 valence electrons. The summed E-state index contributed by atoms with van der Waals surface area (Å²) in [6.07, 6.45) is 0. The molecule has 1 aliphatic heterocycles. The first-order valence-electron chi connectivity index (χ1n) is 9.05. The van der Waals surface area contributed by atoms with E-state index in [-0.39, 0.29) is 16.5 Å². The van der Waals surface area contributed by atoms with Crippen LogP contribution in [0, 0.1) is 10.1 Å². The summed E-state index contributed by atoms with van der Waals surface area (Å²) in [5.74, 6) is 0.0241. The van der Waals surface area contributed by atoms with E-state index in [1.165, 1.54) is 17.4 Å². The van der Waals surface area contributed by atoms with Crippen molar-refractivity contribution in [3.05, 3.63) is 81.0 Å². The van der Waals surface area contributed by atoms with Gasteiger partial charge in [0.15, 0.2) is 0 Å². The van der Waals surface area contributed by atoms with Crippen LogP contribution >= 0.6 is 11.3 Å². The fourth-order valence-corrected chi connectivity index (χ4v) is 4.38. The molecule has 1 aliphatic rings. The molecule has 4 rings (SSSR count). The number of hydrogen-bond acceptors (Lipinski definition) is 5. The first-order valence-corrected chi connectivity index (χ1v) is 9.93. The minimum absolute atomic E-state index is 0.0241. The summed E-state index contributed by atoms with van der Waals surface area (Å²) >= 11 is 1.46. The molecule has 0 unspecified atom stereocenters. The zero-order valence-corrected chi connectivity index (χ0v) is 16.0. The fraction of sp³-hybridized carbons (Fsp3) is 0.190. The van der Waals surface area contributed by atoms with Gasteiger partial charge in [0.25, 0.3) is 11.6 Å². The number of hydrogen-bond donors (Lipinski definition) is 0. The predicted molar refractivity (Wildman–Crippen MR) is 111 cm³/mol. The molecule has 28 heavy (non-hydrogen) atoms. The van der Waals surface area contributed by atoms with Crippen molar-refractivity contribution in [2.75, 3.05) is 31.1 Å². The van der Waals surface area contributed by atoms with Crippen molar-refractivity contribution in [2.45, 2.75) is 0 Å². The molecule has 0 aliphatic carbocycles. The van der Waals surface area contributed by atoms with E-state index in [9.17, 15) is 14.9 Å². The molecule has 0 radical (unpaired) electrons. The fourth-order valence-electron chi connectivity index (χ4n) is 3.50. The quantitative estimate of drug-likeness (QED) is 0.490. The van der Waals surface area contributed by atoms with Gasteiger partial charge in [-0.15, -0.1) is 11.3 Å². The molecule has 1 amide bonds. The van der Waals surface area contributed by atoms with E-state index >= 15 is 0 Å². The molecule has 0 atom stereocenters. The Morgan fingerprint density at radius 1 is 0.929 bits per heavy atom. The molecule has 1 saturated heterocycles. The lowest BCUT2D eigenvalue weighted by atomic mass is 10.1. The van der Waals surface area contributed by atoms with Crippen molar-refractivity contribution < 1.29 is 9.72 Å². The molecular weight excluding hydrogens is 374 g/mol. The number of rotatable bonds is 4.